The molecule has 0 bridgehead atoms. The molecule has 2 aromatic rings. The minimum Gasteiger partial charge on any atom is -0.483 e. The summed E-state index contributed by atoms with van der Waals surface area (Å²) < 4.78 is 26.7. The monoisotopic (exact) mass is 513 g/mol. The largest absolute Gasteiger partial charge is 0.483 e. The van der Waals surface area contributed by atoms with Crippen LogP contribution in [0.5, 0.6) is 5.75 Å². The lowest BCUT2D eigenvalue weighted by Crippen LogP contribution is -2.36. The molecule has 0 atom stereocenters. The summed E-state index contributed by atoms with van der Waals surface area (Å²) in [6.45, 7) is 2.31. The highest BCUT2D eigenvalue weighted by atomic mass is 79.9. The number of ether oxygens (including phenoxy) is 2. The van der Waals surface area contributed by atoms with Crippen LogP contribution in [0.3, 0.4) is 0 Å². The molecule has 1 aliphatic rings. The predicted octanol–water partition coefficient (Wildman–Crippen LogP) is 3.72. The minimum atomic E-state index is -0.420. The first-order valence-electron chi connectivity index (χ1n) is 8.55. The first kappa shape index (κ1) is 20.8. The second-order valence-corrected chi connectivity index (χ2v) is 7.74. The van der Waals surface area contributed by atoms with E-state index in [4.69, 9.17) is 9.47 Å². The molecule has 0 unspecified atom stereocenters. The number of hydrogen-bond acceptors (Lipinski definition) is 5. The van der Waals surface area contributed by atoms with Crippen molar-refractivity contribution in [2.24, 2.45) is 5.10 Å². The molecule has 2 aromatic carbocycles. The normalized spacial score (nSPS) is 14.3. The smallest absolute Gasteiger partial charge is 0.277 e. The highest BCUT2D eigenvalue weighted by Gasteiger charge is 2.15. The fourth-order valence-electron chi connectivity index (χ4n) is 2.61. The SMILES string of the molecule is O=C(COc1ccc(Br)cc1Br)N/N=C/c1ccc(N2CCOCC2)c(F)c1. The summed E-state index contributed by atoms with van der Waals surface area (Å²) in [6.07, 6.45) is 1.39. The Morgan fingerprint density at radius 3 is 2.75 bits per heavy atom. The molecular weight excluding hydrogens is 497 g/mol. The van der Waals surface area contributed by atoms with Crippen molar-refractivity contribution < 1.29 is 18.7 Å². The van der Waals surface area contributed by atoms with Gasteiger partial charge in [-0.3, -0.25) is 4.79 Å². The number of hydrazone groups is 1. The third kappa shape index (κ3) is 5.76. The zero-order valence-electron chi connectivity index (χ0n) is 14.8. The van der Waals surface area contributed by atoms with Gasteiger partial charge in [0, 0.05) is 17.6 Å². The summed E-state index contributed by atoms with van der Waals surface area (Å²) in [6, 6.07) is 10.2. The Morgan fingerprint density at radius 1 is 1.25 bits per heavy atom. The maximum absolute atomic E-state index is 14.3. The van der Waals surface area contributed by atoms with Crippen molar-refractivity contribution in [1.29, 1.82) is 0 Å². The molecule has 28 heavy (non-hydrogen) atoms. The standard InChI is InChI=1S/C19H18Br2FN3O3/c20-14-2-4-18(15(21)10-14)28-12-19(26)24-23-11-13-1-3-17(16(22)9-13)25-5-7-27-8-6-25/h1-4,9-11H,5-8,12H2,(H,24,26)/b23-11+. The topological polar surface area (TPSA) is 63.2 Å². The summed E-state index contributed by atoms with van der Waals surface area (Å²) in [5.74, 6) is -0.208. The Balaban J connectivity index is 1.51. The van der Waals surface area contributed by atoms with Gasteiger partial charge in [-0.2, -0.15) is 5.10 Å². The fourth-order valence-corrected chi connectivity index (χ4v) is 3.77. The van der Waals surface area contributed by atoms with Gasteiger partial charge in [0.15, 0.2) is 6.61 Å². The van der Waals surface area contributed by atoms with E-state index in [0.717, 1.165) is 8.95 Å². The van der Waals surface area contributed by atoms with Crippen LogP contribution in [0, 0.1) is 5.82 Å². The molecule has 1 aliphatic heterocycles. The lowest BCUT2D eigenvalue weighted by Gasteiger charge is -2.29. The molecule has 1 N–H and O–H groups in total. The van der Waals surface area contributed by atoms with Gasteiger partial charge in [0.25, 0.3) is 5.91 Å². The van der Waals surface area contributed by atoms with Crippen molar-refractivity contribution in [2.75, 3.05) is 37.8 Å². The number of hydrogen-bond donors (Lipinski definition) is 1. The molecule has 0 aromatic heterocycles. The average molecular weight is 515 g/mol. The minimum absolute atomic E-state index is 0.193. The van der Waals surface area contributed by atoms with Gasteiger partial charge in [-0.1, -0.05) is 22.0 Å². The molecule has 9 heteroatoms. The van der Waals surface area contributed by atoms with Crippen LogP contribution in [-0.4, -0.2) is 45.0 Å². The number of nitrogens with zero attached hydrogens (tertiary/aromatic N) is 2. The Hall–Kier alpha value is -1.97. The number of anilines is 1. The highest BCUT2D eigenvalue weighted by Crippen LogP contribution is 2.28. The van der Waals surface area contributed by atoms with Crippen LogP contribution in [-0.2, 0) is 9.53 Å². The number of benzene rings is 2. The zero-order valence-corrected chi connectivity index (χ0v) is 18.0. The lowest BCUT2D eigenvalue weighted by atomic mass is 10.2. The van der Waals surface area contributed by atoms with Gasteiger partial charge in [-0.25, -0.2) is 9.82 Å². The number of carbonyl (C=O) groups excluding carboxylic acids is 1. The number of morpholine rings is 1. The molecule has 0 spiro atoms. The first-order chi connectivity index (χ1) is 13.5. The Morgan fingerprint density at radius 2 is 2.04 bits per heavy atom. The van der Waals surface area contributed by atoms with Crippen LogP contribution < -0.4 is 15.1 Å². The molecular formula is C19H18Br2FN3O3. The Kier molecular flexibility index (Phi) is 7.41. The molecule has 3 rings (SSSR count). The van der Waals surface area contributed by atoms with E-state index in [-0.39, 0.29) is 12.4 Å². The van der Waals surface area contributed by atoms with Crippen LogP contribution in [0.15, 0.2) is 50.4 Å². The van der Waals surface area contributed by atoms with Gasteiger partial charge in [0.2, 0.25) is 0 Å². The zero-order chi connectivity index (χ0) is 19.9. The van der Waals surface area contributed by atoms with Crippen molar-refractivity contribution in [3.8, 4) is 5.75 Å². The summed E-state index contributed by atoms with van der Waals surface area (Å²) in [5, 5.41) is 3.85. The molecule has 0 radical (unpaired) electrons. The van der Waals surface area contributed by atoms with Crippen LogP contribution in [0.2, 0.25) is 0 Å². The molecule has 1 saturated heterocycles. The number of carbonyl (C=O) groups is 1. The van der Waals surface area contributed by atoms with Crippen molar-refractivity contribution in [3.63, 3.8) is 0 Å². The number of amides is 1. The molecule has 1 fully saturated rings. The van der Waals surface area contributed by atoms with Gasteiger partial charge in [-0.05, 0) is 51.8 Å². The van der Waals surface area contributed by atoms with Crippen LogP contribution in [0.1, 0.15) is 5.56 Å². The number of halogens is 3. The van der Waals surface area contributed by atoms with Crippen molar-refractivity contribution in [2.45, 2.75) is 0 Å². The molecule has 6 nitrogen and oxygen atoms in total. The van der Waals surface area contributed by atoms with Gasteiger partial charge >= 0.3 is 0 Å². The summed E-state index contributed by atoms with van der Waals surface area (Å²) >= 11 is 6.71. The number of rotatable bonds is 6. The summed E-state index contributed by atoms with van der Waals surface area (Å²) in [7, 11) is 0. The van der Waals surface area contributed by atoms with E-state index in [2.05, 4.69) is 42.4 Å². The fraction of sp³-hybridized carbons (Fsp3) is 0.263. The number of nitrogens with one attached hydrogen (secondary N) is 1. The average Bonchev–Trinajstić information content (AvgIpc) is 2.68. The van der Waals surface area contributed by atoms with Crippen LogP contribution in [0.4, 0.5) is 10.1 Å². The first-order valence-corrected chi connectivity index (χ1v) is 10.1. The predicted molar refractivity (Wildman–Crippen MR) is 113 cm³/mol. The van der Waals surface area contributed by atoms with Crippen molar-refractivity contribution >= 4 is 49.7 Å². The molecule has 0 saturated carbocycles. The van der Waals surface area contributed by atoms with Gasteiger partial charge in [0.05, 0.1) is 29.6 Å². The van der Waals surface area contributed by atoms with Crippen LogP contribution in [0.25, 0.3) is 0 Å². The molecule has 1 amide bonds. The van der Waals surface area contributed by atoms with Gasteiger partial charge in [-0.15, -0.1) is 0 Å². The van der Waals surface area contributed by atoms with Gasteiger partial charge < -0.3 is 14.4 Å². The van der Waals surface area contributed by atoms with Crippen molar-refractivity contribution in [1.82, 2.24) is 5.43 Å². The van der Waals surface area contributed by atoms with Gasteiger partial charge in [0.1, 0.15) is 11.6 Å². The maximum atomic E-state index is 14.3. The summed E-state index contributed by atoms with van der Waals surface area (Å²) in [4.78, 5) is 13.8. The Bertz CT molecular complexity index is 873. The van der Waals surface area contributed by atoms with E-state index >= 15 is 0 Å². The molecule has 148 valence electrons. The second-order valence-electron chi connectivity index (χ2n) is 5.97. The summed E-state index contributed by atoms with van der Waals surface area (Å²) in [5.41, 5.74) is 3.45. The molecule has 0 aliphatic carbocycles. The van der Waals surface area contributed by atoms with E-state index in [9.17, 15) is 9.18 Å². The van der Waals surface area contributed by atoms with E-state index in [0.29, 0.717) is 43.3 Å². The molecule has 1 heterocycles. The second kappa shape index (κ2) is 9.99. The third-order valence-corrected chi connectivity index (χ3v) is 5.09. The van der Waals surface area contributed by atoms with E-state index in [1.807, 2.05) is 17.0 Å². The Labute approximate surface area is 179 Å². The highest BCUT2D eigenvalue weighted by molar-refractivity contribution is 9.11. The lowest BCUT2D eigenvalue weighted by molar-refractivity contribution is -0.123. The maximum Gasteiger partial charge on any atom is 0.277 e. The van der Waals surface area contributed by atoms with Crippen molar-refractivity contribution in [3.05, 3.63) is 56.7 Å². The third-order valence-electron chi connectivity index (χ3n) is 3.98. The van der Waals surface area contributed by atoms with E-state index < -0.39 is 5.91 Å². The van der Waals surface area contributed by atoms with Crippen LogP contribution >= 0.6 is 31.9 Å². The van der Waals surface area contributed by atoms with E-state index in [1.54, 1.807) is 18.2 Å². The quantitative estimate of drug-likeness (QED) is 0.471. The van der Waals surface area contributed by atoms with E-state index in [1.165, 1.54) is 12.3 Å².